The summed E-state index contributed by atoms with van der Waals surface area (Å²) in [5.74, 6) is -1.32. The number of rotatable bonds is 5. The summed E-state index contributed by atoms with van der Waals surface area (Å²) in [5.41, 5.74) is 6.40. The number of para-hydroxylation sites is 1. The van der Waals surface area contributed by atoms with Crippen LogP contribution in [0.25, 0.3) is 11.2 Å². The standard InChI is InChI=1S/C19H20N6O6/c20-16-12-17(23-7-22-16)25(8-24-12)19-15(29)14(28)11(31-19)5-2-6-21-18(30)9-3-1-4-10(26)13(9)27/h1-5,7-8,11,14-15,19,26-29H,6H2,(H,21,30)(H2,20,22,23)/t11-,14+,15?,19-/m1/s1. The Morgan fingerprint density at radius 2 is 2.03 bits per heavy atom. The third kappa shape index (κ3) is 3.74. The van der Waals surface area contributed by atoms with E-state index in [1.54, 1.807) is 0 Å². The zero-order chi connectivity index (χ0) is 22.1. The van der Waals surface area contributed by atoms with Crippen molar-refractivity contribution in [1.29, 1.82) is 0 Å². The van der Waals surface area contributed by atoms with Crippen LogP contribution in [0.5, 0.6) is 11.5 Å². The monoisotopic (exact) mass is 428 g/mol. The normalized spacial score (nSPS) is 23.5. The molecule has 1 aliphatic rings. The van der Waals surface area contributed by atoms with Crippen molar-refractivity contribution in [3.05, 3.63) is 48.6 Å². The maximum absolute atomic E-state index is 12.1. The van der Waals surface area contributed by atoms with E-state index in [1.165, 1.54) is 47.6 Å². The van der Waals surface area contributed by atoms with E-state index in [4.69, 9.17) is 10.5 Å². The Morgan fingerprint density at radius 1 is 1.23 bits per heavy atom. The summed E-state index contributed by atoms with van der Waals surface area (Å²) in [4.78, 5) is 24.2. The van der Waals surface area contributed by atoms with Gasteiger partial charge in [-0.2, -0.15) is 0 Å². The van der Waals surface area contributed by atoms with Gasteiger partial charge in [0.2, 0.25) is 0 Å². The molecule has 1 aromatic carbocycles. The first-order valence-electron chi connectivity index (χ1n) is 9.29. The number of anilines is 1. The number of hydrogen-bond acceptors (Lipinski definition) is 10. The van der Waals surface area contributed by atoms with Gasteiger partial charge in [-0.1, -0.05) is 18.2 Å². The number of phenols is 2. The van der Waals surface area contributed by atoms with Gasteiger partial charge in [-0.05, 0) is 12.1 Å². The topological polar surface area (TPSA) is 189 Å². The van der Waals surface area contributed by atoms with Crippen molar-refractivity contribution in [2.45, 2.75) is 24.5 Å². The number of aliphatic hydroxyl groups is 2. The molecule has 4 atom stereocenters. The Hall–Kier alpha value is -3.74. The molecule has 4 rings (SSSR count). The minimum absolute atomic E-state index is 0.0546. The first-order valence-corrected chi connectivity index (χ1v) is 9.29. The molecule has 7 N–H and O–H groups in total. The van der Waals surface area contributed by atoms with E-state index < -0.39 is 41.9 Å². The van der Waals surface area contributed by atoms with Crippen LogP contribution in [0.4, 0.5) is 5.82 Å². The Kier molecular flexibility index (Phi) is 5.42. The van der Waals surface area contributed by atoms with Gasteiger partial charge in [0, 0.05) is 6.54 Å². The predicted octanol–water partition coefficient (Wildman–Crippen LogP) is -0.575. The van der Waals surface area contributed by atoms with Crippen molar-refractivity contribution in [1.82, 2.24) is 24.8 Å². The van der Waals surface area contributed by atoms with Crippen molar-refractivity contribution in [3.63, 3.8) is 0 Å². The van der Waals surface area contributed by atoms with Crippen molar-refractivity contribution in [2.75, 3.05) is 12.3 Å². The van der Waals surface area contributed by atoms with Crippen LogP contribution in [0.1, 0.15) is 16.6 Å². The molecular formula is C19H20N6O6. The zero-order valence-electron chi connectivity index (χ0n) is 16.0. The Labute approximate surface area is 175 Å². The van der Waals surface area contributed by atoms with Crippen LogP contribution in [0.15, 0.2) is 43.0 Å². The molecule has 3 aromatic rings. The van der Waals surface area contributed by atoms with Crippen LogP contribution in [0.3, 0.4) is 0 Å². The van der Waals surface area contributed by atoms with E-state index in [9.17, 15) is 25.2 Å². The average molecular weight is 428 g/mol. The highest BCUT2D eigenvalue weighted by Gasteiger charge is 2.43. The second-order valence-corrected chi connectivity index (χ2v) is 6.87. The molecule has 3 heterocycles. The quantitative estimate of drug-likeness (QED) is 0.227. The predicted molar refractivity (Wildman–Crippen MR) is 107 cm³/mol. The lowest BCUT2D eigenvalue weighted by atomic mass is 10.1. The third-order valence-electron chi connectivity index (χ3n) is 4.90. The number of aromatic hydroxyl groups is 2. The van der Waals surface area contributed by atoms with Crippen LogP contribution >= 0.6 is 0 Å². The highest BCUT2D eigenvalue weighted by Crippen LogP contribution is 2.32. The lowest BCUT2D eigenvalue weighted by molar-refractivity contribution is -0.0245. The molecule has 0 saturated carbocycles. The number of ether oxygens (including phenoxy) is 1. The van der Waals surface area contributed by atoms with Crippen LogP contribution in [-0.2, 0) is 4.74 Å². The number of nitrogens with zero attached hydrogens (tertiary/aromatic N) is 4. The Morgan fingerprint density at radius 3 is 2.84 bits per heavy atom. The number of nitrogen functional groups attached to an aromatic ring is 1. The maximum atomic E-state index is 12.1. The lowest BCUT2D eigenvalue weighted by Gasteiger charge is -2.16. The number of carbonyl (C=O) groups is 1. The van der Waals surface area contributed by atoms with Gasteiger partial charge in [0.1, 0.15) is 30.2 Å². The summed E-state index contributed by atoms with van der Waals surface area (Å²) in [6.07, 6.45) is 1.38. The molecule has 0 bridgehead atoms. The summed E-state index contributed by atoms with van der Waals surface area (Å²) in [7, 11) is 0. The minimum atomic E-state index is -1.26. The number of aromatic nitrogens is 4. The van der Waals surface area contributed by atoms with E-state index in [0.717, 1.165) is 0 Å². The Bertz CT molecular complexity index is 1150. The average Bonchev–Trinajstić information content (AvgIpc) is 3.30. The fourth-order valence-electron chi connectivity index (χ4n) is 3.29. The van der Waals surface area contributed by atoms with Gasteiger partial charge in [-0.25, -0.2) is 15.0 Å². The van der Waals surface area contributed by atoms with E-state index in [-0.39, 0.29) is 17.9 Å². The van der Waals surface area contributed by atoms with Crippen molar-refractivity contribution in [2.24, 2.45) is 0 Å². The van der Waals surface area contributed by atoms with Crippen LogP contribution < -0.4 is 11.1 Å². The summed E-state index contributed by atoms with van der Waals surface area (Å²) < 4.78 is 7.21. The van der Waals surface area contributed by atoms with Gasteiger partial charge in [0.25, 0.3) is 5.91 Å². The third-order valence-corrected chi connectivity index (χ3v) is 4.90. The van der Waals surface area contributed by atoms with Gasteiger partial charge < -0.3 is 36.2 Å². The number of phenolic OH excluding ortho intramolecular Hbond substituents is 2. The fraction of sp³-hybridized carbons (Fsp3) is 0.263. The molecule has 12 heteroatoms. The molecule has 31 heavy (non-hydrogen) atoms. The van der Waals surface area contributed by atoms with Crippen molar-refractivity contribution >= 4 is 22.9 Å². The van der Waals surface area contributed by atoms with Gasteiger partial charge in [0.05, 0.1) is 11.9 Å². The molecule has 2 aromatic heterocycles. The summed E-state index contributed by atoms with van der Waals surface area (Å²) >= 11 is 0. The van der Waals surface area contributed by atoms with Crippen LogP contribution in [0.2, 0.25) is 0 Å². The molecular weight excluding hydrogens is 408 g/mol. The van der Waals surface area contributed by atoms with Gasteiger partial charge >= 0.3 is 0 Å². The molecule has 0 spiro atoms. The first-order chi connectivity index (χ1) is 14.9. The SMILES string of the molecule is Nc1ncnc2c1ncn2[C@@H]1O[C@H](C=CCNC(=O)c2cccc(O)c2O)[C@H](O)C1O. The van der Waals surface area contributed by atoms with Crippen molar-refractivity contribution < 1.29 is 30.0 Å². The zero-order valence-corrected chi connectivity index (χ0v) is 16.0. The van der Waals surface area contributed by atoms with Gasteiger partial charge in [0.15, 0.2) is 29.2 Å². The molecule has 1 unspecified atom stereocenters. The number of aliphatic hydroxyl groups excluding tert-OH is 2. The lowest BCUT2D eigenvalue weighted by Crippen LogP contribution is -2.31. The number of nitrogens with one attached hydrogen (secondary N) is 1. The molecule has 1 amide bonds. The number of fused-ring (bicyclic) bond motifs is 1. The molecule has 0 radical (unpaired) electrons. The van der Waals surface area contributed by atoms with Crippen molar-refractivity contribution in [3.8, 4) is 11.5 Å². The number of carbonyl (C=O) groups excluding carboxylic acids is 1. The van der Waals surface area contributed by atoms with Gasteiger partial charge in [-0.15, -0.1) is 0 Å². The maximum Gasteiger partial charge on any atom is 0.255 e. The van der Waals surface area contributed by atoms with E-state index in [0.29, 0.717) is 11.2 Å². The van der Waals surface area contributed by atoms with E-state index >= 15 is 0 Å². The highest BCUT2D eigenvalue weighted by atomic mass is 16.6. The first kappa shape index (κ1) is 20.5. The fourth-order valence-corrected chi connectivity index (χ4v) is 3.29. The molecule has 0 aliphatic carbocycles. The number of hydrogen-bond donors (Lipinski definition) is 6. The number of amides is 1. The largest absolute Gasteiger partial charge is 0.504 e. The molecule has 1 fully saturated rings. The molecule has 1 saturated heterocycles. The molecule has 1 aliphatic heterocycles. The van der Waals surface area contributed by atoms with Gasteiger partial charge in [-0.3, -0.25) is 9.36 Å². The van der Waals surface area contributed by atoms with Crippen LogP contribution in [-0.4, -0.2) is 70.7 Å². The number of benzene rings is 1. The Balaban J connectivity index is 1.41. The summed E-state index contributed by atoms with van der Waals surface area (Å²) in [5, 5.41) is 42.5. The molecule has 12 nitrogen and oxygen atoms in total. The number of nitrogens with two attached hydrogens (primary N) is 1. The van der Waals surface area contributed by atoms with Crippen LogP contribution in [0, 0.1) is 0 Å². The number of imidazole rings is 1. The smallest absolute Gasteiger partial charge is 0.255 e. The second kappa shape index (κ2) is 8.18. The highest BCUT2D eigenvalue weighted by molar-refractivity contribution is 5.97. The van der Waals surface area contributed by atoms with E-state index in [2.05, 4.69) is 20.3 Å². The summed E-state index contributed by atoms with van der Waals surface area (Å²) in [6.45, 7) is 0.0546. The molecule has 162 valence electrons. The second-order valence-electron chi connectivity index (χ2n) is 6.87. The van der Waals surface area contributed by atoms with E-state index in [1.807, 2.05) is 0 Å². The minimum Gasteiger partial charge on any atom is -0.504 e. The summed E-state index contributed by atoms with van der Waals surface area (Å²) in [6, 6.07) is 4.06.